The number of halogens is 1. The van der Waals surface area contributed by atoms with Gasteiger partial charge in [-0.25, -0.2) is 4.98 Å². The zero-order chi connectivity index (χ0) is 20.1. The molecule has 1 aliphatic rings. The van der Waals surface area contributed by atoms with E-state index >= 15 is 0 Å². The SMILES string of the molecule is COc1ccc(NC(=O)CCC2CCCN(C(=O)c3ocnc3C)C2)cc1Cl. The van der Waals surface area contributed by atoms with Crippen LogP contribution in [0.4, 0.5) is 5.69 Å². The molecule has 1 unspecified atom stereocenters. The number of amides is 2. The van der Waals surface area contributed by atoms with Crippen molar-refractivity contribution >= 4 is 29.1 Å². The fraction of sp³-hybridized carbons (Fsp3) is 0.450. The van der Waals surface area contributed by atoms with Crippen LogP contribution in [0.5, 0.6) is 5.75 Å². The van der Waals surface area contributed by atoms with Gasteiger partial charge in [-0.2, -0.15) is 0 Å². The highest BCUT2D eigenvalue weighted by Gasteiger charge is 2.27. The molecule has 2 aromatic rings. The number of rotatable bonds is 6. The van der Waals surface area contributed by atoms with E-state index in [4.69, 9.17) is 20.8 Å². The third-order valence-electron chi connectivity index (χ3n) is 4.96. The second-order valence-corrected chi connectivity index (χ2v) is 7.37. The lowest BCUT2D eigenvalue weighted by atomic mass is 9.93. The number of anilines is 1. The maximum absolute atomic E-state index is 12.6. The standard InChI is InChI=1S/C20H24ClN3O4/c1-13-19(28-12-22-13)20(26)24-9-3-4-14(11-24)5-8-18(25)23-15-6-7-17(27-2)16(21)10-15/h6-7,10,12,14H,3-5,8-9,11H2,1-2H3,(H,23,25). The Hall–Kier alpha value is -2.54. The smallest absolute Gasteiger partial charge is 0.291 e. The Morgan fingerprint density at radius 3 is 2.93 bits per heavy atom. The monoisotopic (exact) mass is 405 g/mol. The van der Waals surface area contributed by atoms with Gasteiger partial charge in [0.05, 0.1) is 17.8 Å². The number of nitrogens with one attached hydrogen (secondary N) is 1. The van der Waals surface area contributed by atoms with E-state index < -0.39 is 0 Å². The number of hydrogen-bond acceptors (Lipinski definition) is 5. The quantitative estimate of drug-likeness (QED) is 0.787. The molecule has 2 amide bonds. The van der Waals surface area contributed by atoms with Crippen molar-refractivity contribution in [3.8, 4) is 5.75 Å². The van der Waals surface area contributed by atoms with Crippen molar-refractivity contribution in [1.29, 1.82) is 0 Å². The van der Waals surface area contributed by atoms with Gasteiger partial charge in [0.25, 0.3) is 5.91 Å². The minimum Gasteiger partial charge on any atom is -0.495 e. The Morgan fingerprint density at radius 1 is 1.43 bits per heavy atom. The van der Waals surface area contributed by atoms with Gasteiger partial charge in [0.1, 0.15) is 5.75 Å². The summed E-state index contributed by atoms with van der Waals surface area (Å²) >= 11 is 6.08. The minimum atomic E-state index is -0.128. The number of hydrogen-bond donors (Lipinski definition) is 1. The number of likely N-dealkylation sites (tertiary alicyclic amines) is 1. The number of carbonyl (C=O) groups is 2. The van der Waals surface area contributed by atoms with Gasteiger partial charge < -0.3 is 19.4 Å². The molecule has 28 heavy (non-hydrogen) atoms. The van der Waals surface area contributed by atoms with Gasteiger partial charge in [0.15, 0.2) is 6.39 Å². The van der Waals surface area contributed by atoms with Crippen molar-refractivity contribution in [1.82, 2.24) is 9.88 Å². The zero-order valence-corrected chi connectivity index (χ0v) is 16.8. The summed E-state index contributed by atoms with van der Waals surface area (Å²) in [6, 6.07) is 5.14. The molecule has 8 heteroatoms. The van der Waals surface area contributed by atoms with Crippen LogP contribution >= 0.6 is 11.6 Å². The second-order valence-electron chi connectivity index (χ2n) is 6.96. The molecular weight excluding hydrogens is 382 g/mol. The number of aromatic nitrogens is 1. The summed E-state index contributed by atoms with van der Waals surface area (Å²) in [6.45, 7) is 3.08. The van der Waals surface area contributed by atoms with Crippen LogP contribution < -0.4 is 10.1 Å². The molecule has 0 radical (unpaired) electrons. The summed E-state index contributed by atoms with van der Waals surface area (Å²) in [5.74, 6) is 0.947. The Morgan fingerprint density at radius 2 is 2.25 bits per heavy atom. The summed E-state index contributed by atoms with van der Waals surface area (Å²) in [5.41, 5.74) is 1.24. The maximum atomic E-state index is 12.6. The normalized spacial score (nSPS) is 16.7. The number of oxazole rings is 1. The van der Waals surface area contributed by atoms with Crippen molar-refractivity contribution in [2.24, 2.45) is 5.92 Å². The van der Waals surface area contributed by atoms with Crippen LogP contribution in [0.1, 0.15) is 41.9 Å². The number of methoxy groups -OCH3 is 1. The molecule has 2 heterocycles. The Bertz CT molecular complexity index is 852. The molecule has 1 aromatic carbocycles. The molecule has 1 atom stereocenters. The fourth-order valence-electron chi connectivity index (χ4n) is 3.44. The third-order valence-corrected chi connectivity index (χ3v) is 5.26. The number of aryl methyl sites for hydroxylation is 1. The number of ether oxygens (including phenoxy) is 1. The number of nitrogens with zero attached hydrogens (tertiary/aromatic N) is 2. The first-order valence-corrected chi connectivity index (χ1v) is 9.68. The van der Waals surface area contributed by atoms with Gasteiger partial charge in [-0.15, -0.1) is 0 Å². The predicted molar refractivity (Wildman–Crippen MR) is 106 cm³/mol. The number of piperidine rings is 1. The first kappa shape index (κ1) is 20.2. The highest BCUT2D eigenvalue weighted by atomic mass is 35.5. The van der Waals surface area contributed by atoms with Gasteiger partial charge >= 0.3 is 0 Å². The average molecular weight is 406 g/mol. The molecule has 7 nitrogen and oxygen atoms in total. The largest absolute Gasteiger partial charge is 0.495 e. The molecule has 3 rings (SSSR count). The molecule has 1 fully saturated rings. The van der Waals surface area contributed by atoms with E-state index in [1.54, 1.807) is 37.1 Å². The Balaban J connectivity index is 1.50. The lowest BCUT2D eigenvalue weighted by Gasteiger charge is -2.32. The number of carbonyl (C=O) groups excluding carboxylic acids is 2. The van der Waals surface area contributed by atoms with Crippen LogP contribution in [0.2, 0.25) is 5.02 Å². The summed E-state index contributed by atoms with van der Waals surface area (Å²) in [6.07, 6.45) is 4.31. The van der Waals surface area contributed by atoms with Crippen molar-refractivity contribution in [3.05, 3.63) is 41.1 Å². The summed E-state index contributed by atoms with van der Waals surface area (Å²) in [5, 5.41) is 3.30. The van der Waals surface area contributed by atoms with Gasteiger partial charge in [0, 0.05) is 25.2 Å². The van der Waals surface area contributed by atoms with E-state index in [0.29, 0.717) is 47.4 Å². The first-order valence-electron chi connectivity index (χ1n) is 9.30. The lowest BCUT2D eigenvalue weighted by molar-refractivity contribution is -0.116. The molecule has 0 saturated carbocycles. The second kappa shape index (κ2) is 9.10. The first-order chi connectivity index (χ1) is 13.5. The van der Waals surface area contributed by atoms with E-state index in [0.717, 1.165) is 19.3 Å². The maximum Gasteiger partial charge on any atom is 0.291 e. The zero-order valence-electron chi connectivity index (χ0n) is 16.0. The Labute approximate surface area is 169 Å². The molecule has 150 valence electrons. The third kappa shape index (κ3) is 4.84. The van der Waals surface area contributed by atoms with Crippen LogP contribution in [0.25, 0.3) is 0 Å². The van der Waals surface area contributed by atoms with Gasteiger partial charge in [-0.3, -0.25) is 9.59 Å². The van der Waals surface area contributed by atoms with Crippen molar-refractivity contribution < 1.29 is 18.7 Å². The number of benzene rings is 1. The summed E-state index contributed by atoms with van der Waals surface area (Å²) in [4.78, 5) is 30.6. The van der Waals surface area contributed by atoms with E-state index in [9.17, 15) is 9.59 Å². The summed E-state index contributed by atoms with van der Waals surface area (Å²) in [7, 11) is 1.54. The van der Waals surface area contributed by atoms with E-state index in [-0.39, 0.29) is 17.7 Å². The van der Waals surface area contributed by atoms with Gasteiger partial charge in [-0.05, 0) is 50.3 Å². The molecule has 1 aliphatic heterocycles. The summed E-state index contributed by atoms with van der Waals surface area (Å²) < 4.78 is 10.3. The highest BCUT2D eigenvalue weighted by molar-refractivity contribution is 6.32. The topological polar surface area (TPSA) is 84.7 Å². The minimum absolute atomic E-state index is 0.0734. The molecule has 1 N–H and O–H groups in total. The molecule has 1 aromatic heterocycles. The predicted octanol–water partition coefficient (Wildman–Crippen LogP) is 3.92. The van der Waals surface area contributed by atoms with E-state index in [1.807, 2.05) is 0 Å². The van der Waals surface area contributed by atoms with E-state index in [2.05, 4.69) is 10.3 Å². The van der Waals surface area contributed by atoms with Crippen LogP contribution in [0, 0.1) is 12.8 Å². The molecular formula is C20H24ClN3O4. The van der Waals surface area contributed by atoms with Crippen LogP contribution in [0.15, 0.2) is 29.0 Å². The van der Waals surface area contributed by atoms with Gasteiger partial charge in [-0.1, -0.05) is 11.6 Å². The van der Waals surface area contributed by atoms with Gasteiger partial charge in [0.2, 0.25) is 11.7 Å². The van der Waals surface area contributed by atoms with E-state index in [1.165, 1.54) is 6.39 Å². The molecule has 1 saturated heterocycles. The molecule has 0 aliphatic carbocycles. The Kier molecular flexibility index (Phi) is 6.57. The van der Waals surface area contributed by atoms with Crippen molar-refractivity contribution in [2.45, 2.75) is 32.6 Å². The lowest BCUT2D eigenvalue weighted by Crippen LogP contribution is -2.40. The van der Waals surface area contributed by atoms with Crippen molar-refractivity contribution in [3.63, 3.8) is 0 Å². The van der Waals surface area contributed by atoms with Crippen molar-refractivity contribution in [2.75, 3.05) is 25.5 Å². The van der Waals surface area contributed by atoms with Crippen LogP contribution in [-0.2, 0) is 4.79 Å². The fourth-order valence-corrected chi connectivity index (χ4v) is 3.70. The van der Waals surface area contributed by atoms with Crippen LogP contribution in [-0.4, -0.2) is 41.9 Å². The molecule has 0 bridgehead atoms. The average Bonchev–Trinajstić information content (AvgIpc) is 3.12. The molecule has 0 spiro atoms. The van der Waals surface area contributed by atoms with Crippen LogP contribution in [0.3, 0.4) is 0 Å². The highest BCUT2D eigenvalue weighted by Crippen LogP contribution is 2.28.